The molecule has 0 amide bonds. The molecule has 2 aliphatic rings. The third-order valence-electron chi connectivity index (χ3n) is 6.65. The smallest absolute Gasteiger partial charge is 0.736 e. The molecule has 0 saturated carbocycles. The van der Waals surface area contributed by atoms with Gasteiger partial charge in [0.05, 0.1) is 11.4 Å². The van der Waals surface area contributed by atoms with E-state index in [0.29, 0.717) is 11.1 Å². The number of anilines is 4. The van der Waals surface area contributed by atoms with Gasteiger partial charge in [0, 0.05) is 47.7 Å². The van der Waals surface area contributed by atoms with E-state index in [0.717, 1.165) is 33.9 Å². The number of hydrogen-bond acceptors (Lipinski definition) is 6. The normalized spacial score (nSPS) is 13.8. The molecule has 184 valence electrons. The molecule has 0 saturated heterocycles. The van der Waals surface area contributed by atoms with E-state index < -0.39 is 7.82 Å². The van der Waals surface area contributed by atoms with Crippen LogP contribution in [0.25, 0.3) is 23.7 Å². The van der Waals surface area contributed by atoms with Crippen molar-refractivity contribution in [1.29, 1.82) is 0 Å². The second kappa shape index (κ2) is 10.5. The van der Waals surface area contributed by atoms with Crippen LogP contribution in [0.5, 0.6) is 0 Å². The van der Waals surface area contributed by atoms with E-state index in [4.69, 9.17) is 9.05 Å². The summed E-state index contributed by atoms with van der Waals surface area (Å²) in [6.07, 6.45) is 3.48. The Labute approximate surface area is 244 Å². The quantitative estimate of drug-likeness (QED) is 0.293. The van der Waals surface area contributed by atoms with Crippen LogP contribution in [-0.4, -0.2) is 14.1 Å². The van der Waals surface area contributed by atoms with E-state index in [2.05, 4.69) is 0 Å². The van der Waals surface area contributed by atoms with Crippen molar-refractivity contribution >= 4 is 54.2 Å². The van der Waals surface area contributed by atoms with Crippen LogP contribution < -0.4 is 44.3 Å². The van der Waals surface area contributed by atoms with Crippen molar-refractivity contribution in [2.45, 2.75) is 0 Å². The number of para-hydroxylation sites is 4. The fraction of sp³-hybridized carbons (Fsp3) is 0.0667. The maximum Gasteiger partial charge on any atom is 1.00 e. The third-order valence-corrected chi connectivity index (χ3v) is 7.49. The van der Waals surface area contributed by atoms with Crippen molar-refractivity contribution < 1.29 is 48.1 Å². The number of rotatable bonds is 4. The van der Waals surface area contributed by atoms with Crippen molar-refractivity contribution in [3.05, 3.63) is 119 Å². The molecule has 0 aromatic heterocycles. The molecule has 0 aliphatic carbocycles. The zero-order valence-corrected chi connectivity index (χ0v) is 24.3. The van der Waals surface area contributed by atoms with Gasteiger partial charge in [-0.3, -0.25) is 0 Å². The molecule has 2 heterocycles. The Bertz CT molecular complexity index is 1520. The molecule has 0 unspecified atom stereocenters. The van der Waals surface area contributed by atoms with Gasteiger partial charge in [-0.2, -0.15) is 0 Å². The van der Waals surface area contributed by atoms with Crippen molar-refractivity contribution in [1.82, 2.24) is 0 Å². The summed E-state index contributed by atoms with van der Waals surface area (Å²) in [4.78, 5) is 17.5. The van der Waals surface area contributed by atoms with Gasteiger partial charge in [0.15, 0.2) is 0 Å². The first-order valence-corrected chi connectivity index (χ1v) is 13.4. The number of fused-ring (bicyclic) bond motifs is 4. The molecule has 2 aliphatic heterocycles. The number of nitrogens with zero attached hydrogens (tertiary/aromatic N) is 2. The maximum absolute atomic E-state index is 13.5. The topological polar surface area (TPSA) is 65.1 Å². The summed E-state index contributed by atoms with van der Waals surface area (Å²) < 4.78 is 24.9. The molecular weight excluding hydrogens is 506 g/mol. The fourth-order valence-corrected chi connectivity index (χ4v) is 5.71. The van der Waals surface area contributed by atoms with Gasteiger partial charge in [0.1, 0.15) is 11.5 Å². The molecule has 38 heavy (non-hydrogen) atoms. The monoisotopic (exact) mass is 530 g/mol. The average molecular weight is 530 g/mol. The molecule has 0 fully saturated rings. The molecule has 4 aromatic rings. The van der Waals surface area contributed by atoms with Crippen LogP contribution >= 0.6 is 7.82 Å². The van der Waals surface area contributed by atoms with Crippen molar-refractivity contribution in [2.75, 3.05) is 23.9 Å². The van der Waals surface area contributed by atoms with Gasteiger partial charge in [-0.15, -0.1) is 0 Å². The molecule has 0 N–H and O–H groups in total. The summed E-state index contributed by atoms with van der Waals surface area (Å²) >= 11 is 0. The Kier molecular flexibility index (Phi) is 7.28. The van der Waals surface area contributed by atoms with Gasteiger partial charge in [-0.05, 0) is 48.6 Å². The third kappa shape index (κ3) is 4.82. The second-order valence-electron chi connectivity index (χ2n) is 8.92. The predicted octanol–water partition coefficient (Wildman–Crippen LogP) is 4.05. The van der Waals surface area contributed by atoms with Crippen molar-refractivity contribution in [3.63, 3.8) is 0 Å². The number of phosphoric ester groups is 1. The Hall–Kier alpha value is -3.25. The van der Waals surface area contributed by atoms with Gasteiger partial charge >= 0.3 is 37.4 Å². The van der Waals surface area contributed by atoms with Crippen LogP contribution in [0.1, 0.15) is 22.3 Å². The first-order valence-electron chi connectivity index (χ1n) is 11.9. The minimum Gasteiger partial charge on any atom is -0.736 e. The summed E-state index contributed by atoms with van der Waals surface area (Å²) in [5.41, 5.74) is 6.52. The van der Waals surface area contributed by atoms with Crippen LogP contribution in [0.3, 0.4) is 0 Å². The molecule has 0 atom stereocenters. The molecule has 0 bridgehead atoms. The summed E-state index contributed by atoms with van der Waals surface area (Å²) in [5, 5.41) is 0. The van der Waals surface area contributed by atoms with E-state index >= 15 is 0 Å². The molecular formula is C30H24N2NaO4P. The van der Waals surface area contributed by atoms with E-state index in [-0.39, 0.29) is 41.1 Å². The van der Waals surface area contributed by atoms with Crippen molar-refractivity contribution in [3.8, 4) is 0 Å². The van der Waals surface area contributed by atoms with Crippen LogP contribution in [0.4, 0.5) is 22.7 Å². The van der Waals surface area contributed by atoms with Gasteiger partial charge in [0.2, 0.25) is 0 Å². The second-order valence-corrected chi connectivity index (χ2v) is 10.2. The zero-order valence-electron chi connectivity index (χ0n) is 21.4. The summed E-state index contributed by atoms with van der Waals surface area (Å²) in [5.74, 6) is 0.400. The van der Waals surface area contributed by atoms with Crippen LogP contribution in [0.2, 0.25) is 0 Å². The molecule has 8 heteroatoms. The first-order chi connectivity index (χ1) is 17.9. The number of phosphoric acid groups is 1. The average Bonchev–Trinajstić information content (AvgIpc) is 3.10. The standard InChI is InChI=1S/C30H25N2O4P.Na/c1-31-25-15-7-3-11-21(25)19-29(23-13-5-9-17-27(23)31)35-37(33,34)36-30-20-22-12-4-8-16-26(22)32(2)28-18-10-6-14-24(28)30;/h3-20H,1-2H3,(H,33,34);/q;+1/p-1. The SMILES string of the molecule is CN1c2ccccc2C=C(OP(=O)([O-])OC2=Cc3ccccc3N(C)c3ccccc32)c2ccccc21.[Na+]. The van der Waals surface area contributed by atoms with Crippen molar-refractivity contribution in [2.24, 2.45) is 0 Å². The van der Waals surface area contributed by atoms with Crippen LogP contribution in [-0.2, 0) is 13.6 Å². The zero-order chi connectivity index (χ0) is 25.6. The molecule has 6 rings (SSSR count). The van der Waals surface area contributed by atoms with Gasteiger partial charge < -0.3 is 23.7 Å². The Balaban J connectivity index is 0.00000294. The molecule has 0 spiro atoms. The minimum atomic E-state index is -4.87. The van der Waals surface area contributed by atoms with Crippen LogP contribution in [0.15, 0.2) is 97.1 Å². The first kappa shape index (κ1) is 26.4. The fourth-order valence-electron chi connectivity index (χ4n) is 4.89. The molecule has 6 nitrogen and oxygen atoms in total. The van der Waals surface area contributed by atoms with E-state index in [1.165, 1.54) is 0 Å². The van der Waals surface area contributed by atoms with Crippen LogP contribution in [0, 0.1) is 0 Å². The van der Waals surface area contributed by atoms with Gasteiger partial charge in [-0.1, -0.05) is 60.7 Å². The Morgan fingerprint density at radius 3 is 1.34 bits per heavy atom. The maximum atomic E-state index is 13.5. The van der Waals surface area contributed by atoms with Gasteiger partial charge in [-0.25, -0.2) is 4.57 Å². The molecule has 0 radical (unpaired) electrons. The number of hydrogen-bond donors (Lipinski definition) is 0. The minimum absolute atomic E-state index is 0. The number of benzene rings is 4. The van der Waals surface area contributed by atoms with Gasteiger partial charge in [0.25, 0.3) is 0 Å². The summed E-state index contributed by atoms with van der Waals surface area (Å²) in [7, 11) is -0.971. The van der Waals surface area contributed by atoms with E-state index in [1.54, 1.807) is 12.2 Å². The predicted molar refractivity (Wildman–Crippen MR) is 147 cm³/mol. The molecule has 4 aromatic carbocycles. The van der Waals surface area contributed by atoms with E-state index in [9.17, 15) is 9.46 Å². The summed E-state index contributed by atoms with van der Waals surface area (Å²) in [6.45, 7) is 0. The van der Waals surface area contributed by atoms with E-state index in [1.807, 2.05) is 121 Å². The summed E-state index contributed by atoms with van der Waals surface area (Å²) in [6, 6.07) is 30.6. The largest absolute Gasteiger partial charge is 1.00 e. The Morgan fingerprint density at radius 2 is 0.921 bits per heavy atom. The Morgan fingerprint density at radius 1 is 0.579 bits per heavy atom.